The van der Waals surface area contributed by atoms with E-state index in [2.05, 4.69) is 0 Å². The van der Waals surface area contributed by atoms with Gasteiger partial charge in [-0.15, -0.1) is 0 Å². The summed E-state index contributed by atoms with van der Waals surface area (Å²) in [7, 11) is 0. The van der Waals surface area contributed by atoms with Gasteiger partial charge < -0.3 is 10.0 Å². The van der Waals surface area contributed by atoms with Crippen LogP contribution in [0, 0.1) is 5.92 Å². The standard InChI is InChI=1S/C19H23ClN2O3/c1-12(2)22-18(24)16(14-5-7-15(20)8-6-14)17(19(22)25)21-9-3-4-13(10-21)11-23/h5-8,12-13,23H,3-4,9-11H2,1-2H3. The van der Waals surface area contributed by atoms with E-state index in [-0.39, 0.29) is 30.4 Å². The molecule has 0 aromatic heterocycles. The smallest absolute Gasteiger partial charge is 0.278 e. The van der Waals surface area contributed by atoms with Gasteiger partial charge in [0.15, 0.2) is 0 Å². The van der Waals surface area contributed by atoms with Crippen molar-refractivity contribution in [1.82, 2.24) is 9.80 Å². The molecule has 1 aromatic carbocycles. The van der Waals surface area contributed by atoms with Gasteiger partial charge in [0.05, 0.1) is 5.57 Å². The molecular formula is C19H23ClN2O3. The predicted octanol–water partition coefficient (Wildman–Crippen LogP) is 2.53. The minimum absolute atomic E-state index is 0.0933. The number of carbonyl (C=O) groups is 2. The van der Waals surface area contributed by atoms with Crippen LogP contribution in [0.3, 0.4) is 0 Å². The highest BCUT2D eigenvalue weighted by atomic mass is 35.5. The lowest BCUT2D eigenvalue weighted by Gasteiger charge is -2.34. The average Bonchev–Trinajstić information content (AvgIpc) is 2.86. The van der Waals surface area contributed by atoms with Crippen molar-refractivity contribution in [3.8, 4) is 0 Å². The molecule has 6 heteroatoms. The Kier molecular flexibility index (Phi) is 5.16. The van der Waals surface area contributed by atoms with Crippen LogP contribution in [0.5, 0.6) is 0 Å². The summed E-state index contributed by atoms with van der Waals surface area (Å²) in [6.07, 6.45) is 1.83. The number of piperidine rings is 1. The van der Waals surface area contributed by atoms with Gasteiger partial charge in [-0.1, -0.05) is 23.7 Å². The number of carbonyl (C=O) groups excluding carboxylic acids is 2. The summed E-state index contributed by atoms with van der Waals surface area (Å²) in [4.78, 5) is 29.3. The first-order valence-corrected chi connectivity index (χ1v) is 9.05. The van der Waals surface area contributed by atoms with Gasteiger partial charge >= 0.3 is 0 Å². The normalized spacial score (nSPS) is 21.7. The van der Waals surface area contributed by atoms with Gasteiger partial charge in [-0.2, -0.15) is 0 Å². The Bertz CT molecular complexity index is 712. The number of halogens is 1. The van der Waals surface area contributed by atoms with Crippen LogP contribution in [-0.2, 0) is 9.59 Å². The number of imide groups is 1. The highest BCUT2D eigenvalue weighted by Crippen LogP contribution is 2.35. The van der Waals surface area contributed by atoms with Crippen molar-refractivity contribution in [3.05, 3.63) is 40.5 Å². The maximum Gasteiger partial charge on any atom is 0.278 e. The first kappa shape index (κ1) is 18.0. The van der Waals surface area contributed by atoms with E-state index in [1.807, 2.05) is 18.7 Å². The SMILES string of the molecule is CC(C)N1C(=O)C(c2ccc(Cl)cc2)=C(N2CCCC(CO)C2)C1=O. The molecule has 1 saturated heterocycles. The van der Waals surface area contributed by atoms with E-state index >= 15 is 0 Å². The minimum atomic E-state index is -0.261. The van der Waals surface area contributed by atoms with Crippen LogP contribution < -0.4 is 0 Å². The van der Waals surface area contributed by atoms with Gasteiger partial charge in [-0.3, -0.25) is 14.5 Å². The Morgan fingerprint density at radius 1 is 1.20 bits per heavy atom. The number of nitrogens with zero attached hydrogens (tertiary/aromatic N) is 2. The van der Waals surface area contributed by atoms with E-state index < -0.39 is 0 Å². The van der Waals surface area contributed by atoms with Crippen molar-refractivity contribution in [1.29, 1.82) is 0 Å². The number of benzene rings is 1. The summed E-state index contributed by atoms with van der Waals surface area (Å²) < 4.78 is 0. The van der Waals surface area contributed by atoms with Crippen molar-refractivity contribution in [3.63, 3.8) is 0 Å². The Morgan fingerprint density at radius 3 is 2.48 bits per heavy atom. The molecule has 0 bridgehead atoms. The molecule has 3 rings (SSSR count). The first-order chi connectivity index (χ1) is 11.9. The first-order valence-electron chi connectivity index (χ1n) is 8.68. The molecule has 5 nitrogen and oxygen atoms in total. The number of hydrogen-bond donors (Lipinski definition) is 1. The molecule has 1 aromatic rings. The van der Waals surface area contributed by atoms with E-state index in [1.54, 1.807) is 24.3 Å². The molecule has 2 aliphatic heterocycles. The number of amides is 2. The number of rotatable bonds is 4. The summed E-state index contributed by atoms with van der Waals surface area (Å²) in [6, 6.07) is 6.80. The Morgan fingerprint density at radius 2 is 1.88 bits per heavy atom. The molecule has 0 aliphatic carbocycles. The van der Waals surface area contributed by atoms with Crippen LogP contribution in [-0.4, -0.2) is 52.5 Å². The molecule has 1 atom stereocenters. The number of hydrogen-bond acceptors (Lipinski definition) is 4. The fraction of sp³-hybridized carbons (Fsp3) is 0.474. The molecular weight excluding hydrogens is 340 g/mol. The molecule has 1 N–H and O–H groups in total. The lowest BCUT2D eigenvalue weighted by atomic mass is 9.97. The number of aliphatic hydroxyl groups is 1. The second-order valence-corrected chi connectivity index (χ2v) is 7.38. The van der Waals surface area contributed by atoms with E-state index in [9.17, 15) is 14.7 Å². The third kappa shape index (κ3) is 3.31. The zero-order chi connectivity index (χ0) is 18.1. The van der Waals surface area contributed by atoms with E-state index in [1.165, 1.54) is 4.90 Å². The van der Waals surface area contributed by atoms with Crippen molar-refractivity contribution >= 4 is 29.0 Å². The van der Waals surface area contributed by atoms with Crippen LogP contribution in [0.2, 0.25) is 5.02 Å². The van der Waals surface area contributed by atoms with Crippen molar-refractivity contribution in [2.75, 3.05) is 19.7 Å². The zero-order valence-electron chi connectivity index (χ0n) is 14.5. The molecule has 0 spiro atoms. The summed E-state index contributed by atoms with van der Waals surface area (Å²) in [5.74, 6) is -0.379. The maximum atomic E-state index is 13.0. The summed E-state index contributed by atoms with van der Waals surface area (Å²) >= 11 is 5.97. The topological polar surface area (TPSA) is 60.9 Å². The van der Waals surface area contributed by atoms with Crippen molar-refractivity contribution in [2.24, 2.45) is 5.92 Å². The molecule has 134 valence electrons. The summed E-state index contributed by atoms with van der Waals surface area (Å²) in [5.41, 5.74) is 1.60. The fourth-order valence-electron chi connectivity index (χ4n) is 3.59. The highest BCUT2D eigenvalue weighted by molar-refractivity contribution is 6.36. The number of aliphatic hydroxyl groups excluding tert-OH is 1. The van der Waals surface area contributed by atoms with Crippen LogP contribution >= 0.6 is 11.6 Å². The predicted molar refractivity (Wildman–Crippen MR) is 96.7 cm³/mol. The largest absolute Gasteiger partial charge is 0.396 e. The maximum absolute atomic E-state index is 13.0. The summed E-state index contributed by atoms with van der Waals surface area (Å²) in [5, 5.41) is 10.1. The quantitative estimate of drug-likeness (QED) is 0.836. The average molecular weight is 363 g/mol. The third-order valence-electron chi connectivity index (χ3n) is 4.83. The van der Waals surface area contributed by atoms with E-state index in [0.29, 0.717) is 34.9 Å². The zero-order valence-corrected chi connectivity index (χ0v) is 15.3. The van der Waals surface area contributed by atoms with Gasteiger partial charge in [0.25, 0.3) is 11.8 Å². The second-order valence-electron chi connectivity index (χ2n) is 6.94. The molecule has 2 amide bonds. The molecule has 0 saturated carbocycles. The van der Waals surface area contributed by atoms with Crippen LogP contribution in [0.15, 0.2) is 30.0 Å². The van der Waals surface area contributed by atoms with Gasteiger partial charge in [0.2, 0.25) is 0 Å². The van der Waals surface area contributed by atoms with E-state index in [0.717, 1.165) is 12.8 Å². The molecule has 0 radical (unpaired) electrons. The Hall–Kier alpha value is -1.85. The highest BCUT2D eigenvalue weighted by Gasteiger charge is 2.43. The van der Waals surface area contributed by atoms with Gasteiger partial charge in [-0.05, 0) is 50.3 Å². The third-order valence-corrected chi connectivity index (χ3v) is 5.09. The Balaban J connectivity index is 2.07. The second kappa shape index (κ2) is 7.18. The Labute approximate surface area is 152 Å². The molecule has 1 unspecified atom stereocenters. The van der Waals surface area contributed by atoms with E-state index in [4.69, 9.17) is 11.6 Å². The molecule has 2 heterocycles. The van der Waals surface area contributed by atoms with Crippen molar-refractivity contribution < 1.29 is 14.7 Å². The lowest BCUT2D eigenvalue weighted by Crippen LogP contribution is -2.42. The van der Waals surface area contributed by atoms with Crippen LogP contribution in [0.1, 0.15) is 32.3 Å². The molecule has 2 aliphatic rings. The lowest BCUT2D eigenvalue weighted by molar-refractivity contribution is -0.139. The fourth-order valence-corrected chi connectivity index (χ4v) is 3.72. The van der Waals surface area contributed by atoms with Gasteiger partial charge in [-0.25, -0.2) is 0 Å². The van der Waals surface area contributed by atoms with Gasteiger partial charge in [0.1, 0.15) is 5.70 Å². The van der Waals surface area contributed by atoms with Crippen LogP contribution in [0.25, 0.3) is 5.57 Å². The molecule has 1 fully saturated rings. The summed E-state index contributed by atoms with van der Waals surface area (Å²) in [6.45, 7) is 5.08. The molecule has 25 heavy (non-hydrogen) atoms. The minimum Gasteiger partial charge on any atom is -0.396 e. The van der Waals surface area contributed by atoms with Gasteiger partial charge in [0, 0.05) is 30.8 Å². The van der Waals surface area contributed by atoms with Crippen molar-refractivity contribution in [2.45, 2.75) is 32.7 Å². The monoisotopic (exact) mass is 362 g/mol. The van der Waals surface area contributed by atoms with Crippen LogP contribution in [0.4, 0.5) is 0 Å². The number of likely N-dealkylation sites (tertiary alicyclic amines) is 1.